The third-order valence-corrected chi connectivity index (χ3v) is 5.03. The fourth-order valence-electron chi connectivity index (χ4n) is 2.90. The number of nitro groups is 1. The predicted octanol–water partition coefficient (Wildman–Crippen LogP) is 2.02. The highest BCUT2D eigenvalue weighted by atomic mass is 32.1. The van der Waals surface area contributed by atoms with Gasteiger partial charge in [-0.2, -0.15) is 0 Å². The first kappa shape index (κ1) is 15.0. The lowest BCUT2D eigenvalue weighted by atomic mass is 10.3. The van der Waals surface area contributed by atoms with E-state index in [1.807, 2.05) is 6.07 Å². The highest BCUT2D eigenvalue weighted by molar-refractivity contribution is 7.09. The van der Waals surface area contributed by atoms with Crippen molar-refractivity contribution in [2.75, 3.05) is 31.1 Å². The van der Waals surface area contributed by atoms with Crippen LogP contribution in [0, 0.1) is 10.1 Å². The maximum Gasteiger partial charge on any atom is 0.368 e. The van der Waals surface area contributed by atoms with Crippen LogP contribution >= 0.6 is 11.3 Å². The number of imidazole rings is 1. The Morgan fingerprint density at radius 2 is 2.04 bits per heavy atom. The molecule has 0 aliphatic carbocycles. The molecule has 1 aliphatic rings. The number of anilines is 1. The van der Waals surface area contributed by atoms with Crippen LogP contribution in [-0.4, -0.2) is 50.6 Å². The van der Waals surface area contributed by atoms with Gasteiger partial charge in [-0.05, 0) is 22.4 Å². The van der Waals surface area contributed by atoms with Gasteiger partial charge in [-0.15, -0.1) is 11.3 Å². The number of hydrogen-bond donors (Lipinski definition) is 0. The molecule has 0 amide bonds. The van der Waals surface area contributed by atoms with Gasteiger partial charge in [0.15, 0.2) is 5.82 Å². The highest BCUT2D eigenvalue weighted by Crippen LogP contribution is 2.19. The molecule has 0 saturated carbocycles. The lowest BCUT2D eigenvalue weighted by Crippen LogP contribution is -2.46. The second-order valence-electron chi connectivity index (χ2n) is 5.68. The minimum absolute atomic E-state index is 0.108. The van der Waals surface area contributed by atoms with Crippen molar-refractivity contribution in [1.82, 2.24) is 19.5 Å². The Kier molecular flexibility index (Phi) is 3.87. The van der Waals surface area contributed by atoms with Gasteiger partial charge < -0.3 is 15.0 Å². The van der Waals surface area contributed by atoms with Crippen molar-refractivity contribution in [3.8, 4) is 0 Å². The Morgan fingerprint density at radius 1 is 1.21 bits per heavy atom. The molecule has 8 nitrogen and oxygen atoms in total. The van der Waals surface area contributed by atoms with Gasteiger partial charge in [0.25, 0.3) is 0 Å². The molecule has 1 saturated heterocycles. The predicted molar refractivity (Wildman–Crippen MR) is 91.5 cm³/mol. The maximum atomic E-state index is 11.0. The molecule has 24 heavy (non-hydrogen) atoms. The summed E-state index contributed by atoms with van der Waals surface area (Å²) >= 11 is 1.78. The van der Waals surface area contributed by atoms with Crippen molar-refractivity contribution in [2.24, 2.45) is 0 Å². The van der Waals surface area contributed by atoms with Crippen LogP contribution in [0.3, 0.4) is 0 Å². The fraction of sp³-hybridized carbons (Fsp3) is 0.333. The molecule has 124 valence electrons. The fourth-order valence-corrected chi connectivity index (χ4v) is 3.65. The van der Waals surface area contributed by atoms with Gasteiger partial charge in [-0.3, -0.25) is 4.90 Å². The number of aromatic nitrogens is 3. The standard InChI is InChI=1S/C15H16N6O2S/c22-21(23)15-10-16-13-3-4-14(17-20(13)15)19-7-5-18(6-8-19)11-12-2-1-9-24-12/h1-4,9-10H,5-8,11H2. The second-order valence-corrected chi connectivity index (χ2v) is 6.71. The molecule has 3 aromatic heterocycles. The molecule has 1 aliphatic heterocycles. The van der Waals surface area contributed by atoms with Crippen molar-refractivity contribution >= 4 is 28.6 Å². The molecular weight excluding hydrogens is 328 g/mol. The van der Waals surface area contributed by atoms with E-state index in [1.165, 1.54) is 15.6 Å². The quantitative estimate of drug-likeness (QED) is 0.532. The summed E-state index contributed by atoms with van der Waals surface area (Å²) < 4.78 is 1.30. The summed E-state index contributed by atoms with van der Waals surface area (Å²) in [4.78, 5) is 20.5. The van der Waals surface area contributed by atoms with E-state index < -0.39 is 4.92 Å². The molecule has 0 unspecified atom stereocenters. The Morgan fingerprint density at radius 3 is 2.75 bits per heavy atom. The molecule has 0 aromatic carbocycles. The molecule has 0 radical (unpaired) electrons. The minimum Gasteiger partial charge on any atom is -0.358 e. The summed E-state index contributed by atoms with van der Waals surface area (Å²) in [6.45, 7) is 4.58. The number of hydrogen-bond acceptors (Lipinski definition) is 7. The zero-order valence-electron chi connectivity index (χ0n) is 12.9. The molecule has 0 spiro atoms. The van der Waals surface area contributed by atoms with Crippen LogP contribution in [-0.2, 0) is 6.54 Å². The average molecular weight is 344 g/mol. The normalized spacial score (nSPS) is 15.9. The van der Waals surface area contributed by atoms with Crippen molar-refractivity contribution in [1.29, 1.82) is 0 Å². The number of nitrogens with zero attached hydrogens (tertiary/aromatic N) is 6. The minimum atomic E-state index is -0.463. The first-order valence-electron chi connectivity index (χ1n) is 7.69. The third kappa shape index (κ3) is 2.83. The molecule has 1 fully saturated rings. The third-order valence-electron chi connectivity index (χ3n) is 4.17. The molecule has 0 atom stereocenters. The zero-order chi connectivity index (χ0) is 16.5. The lowest BCUT2D eigenvalue weighted by Gasteiger charge is -2.34. The Labute approximate surface area is 142 Å². The average Bonchev–Trinajstić information content (AvgIpc) is 3.24. The SMILES string of the molecule is O=[N+]([O-])c1cnc2ccc(N3CCN(Cc4cccs4)CC3)nn12. The van der Waals surface area contributed by atoms with Gasteiger partial charge in [0, 0.05) is 43.7 Å². The monoisotopic (exact) mass is 344 g/mol. The Hall–Kier alpha value is -2.52. The summed E-state index contributed by atoms with van der Waals surface area (Å²) in [6.07, 6.45) is 1.24. The Bertz CT molecular complexity index is 854. The van der Waals surface area contributed by atoms with Crippen LogP contribution in [0.4, 0.5) is 11.6 Å². The van der Waals surface area contributed by atoms with E-state index >= 15 is 0 Å². The van der Waals surface area contributed by atoms with Crippen LogP contribution in [0.5, 0.6) is 0 Å². The molecule has 9 heteroatoms. The van der Waals surface area contributed by atoms with E-state index in [1.54, 1.807) is 17.4 Å². The van der Waals surface area contributed by atoms with Gasteiger partial charge in [0.2, 0.25) is 5.65 Å². The number of fused-ring (bicyclic) bond motifs is 1. The van der Waals surface area contributed by atoms with Crippen LogP contribution in [0.1, 0.15) is 4.88 Å². The van der Waals surface area contributed by atoms with Crippen molar-refractivity contribution in [3.63, 3.8) is 0 Å². The second kappa shape index (κ2) is 6.17. The Balaban J connectivity index is 1.48. The van der Waals surface area contributed by atoms with Gasteiger partial charge in [-0.25, -0.2) is 4.98 Å². The van der Waals surface area contributed by atoms with Crippen molar-refractivity contribution < 1.29 is 4.92 Å². The molecule has 3 aromatic rings. The van der Waals surface area contributed by atoms with Gasteiger partial charge in [0.05, 0.1) is 0 Å². The van der Waals surface area contributed by atoms with Crippen molar-refractivity contribution in [2.45, 2.75) is 6.54 Å². The lowest BCUT2D eigenvalue weighted by molar-refractivity contribution is -0.391. The van der Waals surface area contributed by atoms with E-state index in [0.29, 0.717) is 5.65 Å². The van der Waals surface area contributed by atoms with Crippen LogP contribution < -0.4 is 4.90 Å². The summed E-state index contributed by atoms with van der Waals surface area (Å²) in [5, 5.41) is 17.5. The number of piperazine rings is 1. The van der Waals surface area contributed by atoms with Gasteiger partial charge >= 0.3 is 5.82 Å². The van der Waals surface area contributed by atoms with E-state index in [-0.39, 0.29) is 5.82 Å². The number of rotatable bonds is 4. The van der Waals surface area contributed by atoms with Crippen LogP contribution in [0.15, 0.2) is 35.8 Å². The summed E-state index contributed by atoms with van der Waals surface area (Å²) in [6, 6.07) is 7.88. The first-order valence-corrected chi connectivity index (χ1v) is 8.57. The summed E-state index contributed by atoms with van der Waals surface area (Å²) in [7, 11) is 0. The van der Waals surface area contributed by atoms with Gasteiger partial charge in [-0.1, -0.05) is 15.7 Å². The zero-order valence-corrected chi connectivity index (χ0v) is 13.7. The topological polar surface area (TPSA) is 79.8 Å². The highest BCUT2D eigenvalue weighted by Gasteiger charge is 2.22. The van der Waals surface area contributed by atoms with E-state index in [9.17, 15) is 10.1 Å². The first-order chi connectivity index (χ1) is 11.7. The largest absolute Gasteiger partial charge is 0.368 e. The van der Waals surface area contributed by atoms with Crippen molar-refractivity contribution in [3.05, 3.63) is 50.8 Å². The van der Waals surface area contributed by atoms with Gasteiger partial charge in [0.1, 0.15) is 6.20 Å². The van der Waals surface area contributed by atoms with Crippen LogP contribution in [0.2, 0.25) is 0 Å². The molecule has 0 bridgehead atoms. The molecule has 0 N–H and O–H groups in total. The summed E-state index contributed by atoms with van der Waals surface area (Å²) in [5.41, 5.74) is 0.488. The van der Waals surface area contributed by atoms with E-state index in [4.69, 9.17) is 0 Å². The number of thiophene rings is 1. The van der Waals surface area contributed by atoms with E-state index in [2.05, 4.69) is 37.4 Å². The van der Waals surface area contributed by atoms with E-state index in [0.717, 1.165) is 38.5 Å². The summed E-state index contributed by atoms with van der Waals surface area (Å²) in [5.74, 6) is 0.641. The molecular formula is C15H16N6O2S. The molecule has 4 rings (SSSR count). The van der Waals surface area contributed by atoms with Crippen LogP contribution in [0.25, 0.3) is 5.65 Å². The smallest absolute Gasteiger partial charge is 0.358 e. The maximum absolute atomic E-state index is 11.0. The molecule has 4 heterocycles.